The molecule has 0 aromatic rings. The van der Waals surface area contributed by atoms with Crippen molar-refractivity contribution in [2.45, 2.75) is 70.6 Å². The fourth-order valence-corrected chi connectivity index (χ4v) is 2.20. The predicted molar refractivity (Wildman–Crippen MR) is 73.8 cm³/mol. The maximum absolute atomic E-state index is 10.5. The number of alkyl halides is 1. The summed E-state index contributed by atoms with van der Waals surface area (Å²) in [6.45, 7) is 0. The Morgan fingerprint density at radius 3 is 1.50 bits per heavy atom. The Kier molecular flexibility index (Phi) is 13.0. The molecule has 0 spiro atoms. The van der Waals surface area contributed by atoms with Gasteiger partial charge in [0.1, 0.15) is 0 Å². The highest BCUT2D eigenvalue weighted by atomic mass is 79.9. The van der Waals surface area contributed by atoms with Crippen molar-refractivity contribution in [2.75, 3.05) is 5.33 Å². The number of unbranched alkanes of at least 4 members (excludes halogenated alkanes) is 9. The van der Waals surface area contributed by atoms with Gasteiger partial charge in [0.25, 0.3) is 0 Å². The molecule has 0 heterocycles. The average Bonchev–Trinajstić information content (AvgIpc) is 2.25. The molecule has 0 aromatic heterocycles. The topological polar surface area (TPSA) is 43.1 Å². The van der Waals surface area contributed by atoms with Crippen molar-refractivity contribution in [1.29, 1.82) is 0 Å². The Balaban J connectivity index is 2.90. The fraction of sp³-hybridized carbons (Fsp3) is 0.923. The van der Waals surface area contributed by atoms with Crippen LogP contribution >= 0.6 is 15.9 Å². The number of carbonyl (C=O) groups is 1. The maximum Gasteiger partial charge on any atom is 0.217 e. The normalized spacial score (nSPS) is 10.6. The minimum absolute atomic E-state index is 0.160. The summed E-state index contributed by atoms with van der Waals surface area (Å²) in [5.41, 5.74) is 5.07. The molecule has 0 aliphatic heterocycles. The van der Waals surface area contributed by atoms with Crippen LogP contribution in [0, 0.1) is 0 Å². The summed E-state index contributed by atoms with van der Waals surface area (Å²) < 4.78 is 0. The fourth-order valence-electron chi connectivity index (χ4n) is 1.81. The van der Waals surface area contributed by atoms with Crippen molar-refractivity contribution < 1.29 is 4.79 Å². The lowest BCUT2D eigenvalue weighted by molar-refractivity contribution is -0.118. The van der Waals surface area contributed by atoms with Crippen molar-refractivity contribution in [1.82, 2.24) is 0 Å². The summed E-state index contributed by atoms with van der Waals surface area (Å²) in [5.74, 6) is -0.160. The minimum atomic E-state index is -0.160. The molecular formula is C13H26BrNO. The molecule has 0 saturated carbocycles. The van der Waals surface area contributed by atoms with E-state index in [-0.39, 0.29) is 5.91 Å². The lowest BCUT2D eigenvalue weighted by Gasteiger charge is -2.01. The van der Waals surface area contributed by atoms with E-state index in [0.29, 0.717) is 6.42 Å². The Bertz CT molecular complexity index is 162. The van der Waals surface area contributed by atoms with Crippen LogP contribution in [0.25, 0.3) is 0 Å². The molecule has 2 N–H and O–H groups in total. The van der Waals surface area contributed by atoms with Crippen LogP contribution in [-0.4, -0.2) is 11.2 Å². The van der Waals surface area contributed by atoms with E-state index in [4.69, 9.17) is 5.73 Å². The monoisotopic (exact) mass is 291 g/mol. The van der Waals surface area contributed by atoms with Gasteiger partial charge in [0.2, 0.25) is 5.91 Å². The minimum Gasteiger partial charge on any atom is -0.370 e. The van der Waals surface area contributed by atoms with Gasteiger partial charge in [0.05, 0.1) is 0 Å². The van der Waals surface area contributed by atoms with Crippen LogP contribution in [0.2, 0.25) is 0 Å². The second kappa shape index (κ2) is 13.0. The van der Waals surface area contributed by atoms with Gasteiger partial charge in [0, 0.05) is 11.8 Å². The van der Waals surface area contributed by atoms with Crippen molar-refractivity contribution in [3.63, 3.8) is 0 Å². The third-order valence-electron chi connectivity index (χ3n) is 2.81. The summed E-state index contributed by atoms with van der Waals surface area (Å²) in [7, 11) is 0. The molecule has 0 radical (unpaired) electrons. The van der Waals surface area contributed by atoms with E-state index in [1.54, 1.807) is 0 Å². The highest BCUT2D eigenvalue weighted by Crippen LogP contribution is 2.11. The molecule has 1 amide bonds. The van der Waals surface area contributed by atoms with E-state index in [9.17, 15) is 4.79 Å². The van der Waals surface area contributed by atoms with Crippen molar-refractivity contribution in [3.8, 4) is 0 Å². The van der Waals surface area contributed by atoms with E-state index in [0.717, 1.165) is 18.2 Å². The van der Waals surface area contributed by atoms with Crippen molar-refractivity contribution in [2.24, 2.45) is 5.73 Å². The van der Waals surface area contributed by atoms with Crippen molar-refractivity contribution in [3.05, 3.63) is 0 Å². The Morgan fingerprint density at radius 2 is 1.12 bits per heavy atom. The predicted octanol–water partition coefficient (Wildman–Crippen LogP) is 4.16. The number of carbonyl (C=O) groups excluding carboxylic acids is 1. The lowest BCUT2D eigenvalue weighted by atomic mass is 10.1. The number of hydrogen-bond donors (Lipinski definition) is 1. The molecule has 0 atom stereocenters. The number of primary amides is 1. The zero-order chi connectivity index (χ0) is 12.1. The van der Waals surface area contributed by atoms with Crippen molar-refractivity contribution >= 4 is 21.8 Å². The van der Waals surface area contributed by atoms with Gasteiger partial charge in [-0.05, 0) is 12.8 Å². The molecule has 0 unspecified atom stereocenters. The van der Waals surface area contributed by atoms with Crippen LogP contribution < -0.4 is 5.73 Å². The SMILES string of the molecule is NC(=O)CCCCCCCCCCCCBr. The Labute approximate surface area is 108 Å². The maximum atomic E-state index is 10.5. The first kappa shape index (κ1) is 16.0. The van der Waals surface area contributed by atoms with Gasteiger partial charge in [-0.1, -0.05) is 67.3 Å². The summed E-state index contributed by atoms with van der Waals surface area (Å²) in [6, 6.07) is 0. The zero-order valence-electron chi connectivity index (χ0n) is 10.3. The molecule has 0 aliphatic carbocycles. The first-order valence-electron chi connectivity index (χ1n) is 6.61. The molecule has 16 heavy (non-hydrogen) atoms. The Morgan fingerprint density at radius 1 is 0.750 bits per heavy atom. The summed E-state index contributed by atoms with van der Waals surface area (Å²) in [4.78, 5) is 10.5. The number of hydrogen-bond acceptors (Lipinski definition) is 1. The third-order valence-corrected chi connectivity index (χ3v) is 3.37. The van der Waals surface area contributed by atoms with E-state index in [2.05, 4.69) is 15.9 Å². The van der Waals surface area contributed by atoms with Gasteiger partial charge < -0.3 is 5.73 Å². The molecular weight excluding hydrogens is 266 g/mol. The Hall–Kier alpha value is -0.0500. The molecule has 0 fully saturated rings. The summed E-state index contributed by atoms with van der Waals surface area (Å²) in [6.07, 6.45) is 13.4. The molecule has 0 rings (SSSR count). The second-order valence-corrected chi connectivity index (χ2v) is 5.23. The quantitative estimate of drug-likeness (QED) is 0.426. The molecule has 2 nitrogen and oxygen atoms in total. The van der Waals surface area contributed by atoms with Gasteiger partial charge >= 0.3 is 0 Å². The highest BCUT2D eigenvalue weighted by molar-refractivity contribution is 9.09. The van der Waals surface area contributed by atoms with Gasteiger partial charge in [0.15, 0.2) is 0 Å². The van der Waals surface area contributed by atoms with E-state index in [1.807, 2.05) is 0 Å². The second-order valence-electron chi connectivity index (χ2n) is 4.44. The molecule has 96 valence electrons. The number of amides is 1. The van der Waals surface area contributed by atoms with Crippen LogP contribution in [-0.2, 0) is 4.79 Å². The van der Waals surface area contributed by atoms with Crippen LogP contribution in [0.1, 0.15) is 70.6 Å². The lowest BCUT2D eigenvalue weighted by Crippen LogP contribution is -2.09. The van der Waals surface area contributed by atoms with Gasteiger partial charge in [-0.15, -0.1) is 0 Å². The smallest absolute Gasteiger partial charge is 0.217 e. The first-order valence-corrected chi connectivity index (χ1v) is 7.74. The summed E-state index contributed by atoms with van der Waals surface area (Å²) >= 11 is 3.44. The standard InChI is InChI=1S/C13H26BrNO/c14-12-10-8-6-4-2-1-3-5-7-9-11-13(15)16/h1-12H2,(H2,15,16). The van der Waals surface area contributed by atoms with Gasteiger partial charge in [-0.3, -0.25) is 4.79 Å². The van der Waals surface area contributed by atoms with Gasteiger partial charge in [-0.2, -0.15) is 0 Å². The number of halogens is 1. The number of rotatable bonds is 12. The van der Waals surface area contributed by atoms with Crippen LogP contribution in [0.5, 0.6) is 0 Å². The number of nitrogens with two attached hydrogens (primary N) is 1. The first-order chi connectivity index (χ1) is 7.77. The molecule has 0 aromatic carbocycles. The molecule has 3 heteroatoms. The molecule has 0 aliphatic rings. The van der Waals surface area contributed by atoms with E-state index < -0.39 is 0 Å². The zero-order valence-corrected chi connectivity index (χ0v) is 11.9. The van der Waals surface area contributed by atoms with E-state index >= 15 is 0 Å². The van der Waals surface area contributed by atoms with E-state index in [1.165, 1.54) is 51.4 Å². The highest BCUT2D eigenvalue weighted by Gasteiger charge is 1.95. The molecule has 0 saturated heterocycles. The molecule has 0 bridgehead atoms. The van der Waals surface area contributed by atoms with Gasteiger partial charge in [-0.25, -0.2) is 0 Å². The summed E-state index contributed by atoms with van der Waals surface area (Å²) in [5, 5.41) is 1.15. The largest absolute Gasteiger partial charge is 0.370 e. The van der Waals surface area contributed by atoms with Crippen LogP contribution in [0.3, 0.4) is 0 Å². The average molecular weight is 292 g/mol. The van der Waals surface area contributed by atoms with Crippen LogP contribution in [0.15, 0.2) is 0 Å². The third kappa shape index (κ3) is 13.9. The van der Waals surface area contributed by atoms with Crippen LogP contribution in [0.4, 0.5) is 0 Å².